The Labute approximate surface area is 207 Å². The summed E-state index contributed by atoms with van der Waals surface area (Å²) in [6.45, 7) is 4.35. The first-order chi connectivity index (χ1) is 16.6. The lowest BCUT2D eigenvalue weighted by Gasteiger charge is -2.37. The maximum Gasteiger partial charge on any atom is 0.522 e. The first kappa shape index (κ1) is 27.9. The molecule has 2 saturated heterocycles. The molecule has 1 saturated carbocycles. The Kier molecular flexibility index (Phi) is 8.01. The zero-order valence-electron chi connectivity index (χ0n) is 20.6. The van der Waals surface area contributed by atoms with Crippen LogP contribution in [0.4, 0.5) is 13.2 Å². The van der Waals surface area contributed by atoms with Gasteiger partial charge in [0.15, 0.2) is 5.78 Å². The molecule has 3 aliphatic rings. The number of hydrogen-bond acceptors (Lipinski definition) is 6. The van der Waals surface area contributed by atoms with Crippen LogP contribution in [0.25, 0.3) is 0 Å². The summed E-state index contributed by atoms with van der Waals surface area (Å²) in [4.78, 5) is 64.6. The molecule has 3 N–H and O–H groups in total. The highest BCUT2D eigenvalue weighted by Crippen LogP contribution is 2.50. The van der Waals surface area contributed by atoms with Gasteiger partial charge < -0.3 is 20.9 Å². The smallest absolute Gasteiger partial charge is 0.356 e. The van der Waals surface area contributed by atoms with Crippen molar-refractivity contribution in [3.63, 3.8) is 0 Å². The van der Waals surface area contributed by atoms with E-state index in [2.05, 4.69) is 20.7 Å². The first-order valence-electron chi connectivity index (χ1n) is 12.0. The number of amides is 4. The Morgan fingerprint density at radius 3 is 2.36 bits per heavy atom. The number of alkyl halides is 3. The molecule has 1 unspecified atom stereocenters. The largest absolute Gasteiger partial charge is 0.522 e. The maximum atomic E-state index is 13.3. The second-order valence-electron chi connectivity index (χ2n) is 11.0. The molecule has 4 amide bonds. The van der Waals surface area contributed by atoms with Gasteiger partial charge in [-0.1, -0.05) is 6.42 Å². The minimum Gasteiger partial charge on any atom is -0.356 e. The van der Waals surface area contributed by atoms with Gasteiger partial charge in [0.05, 0.1) is 6.04 Å². The fourth-order valence-electron chi connectivity index (χ4n) is 5.01. The number of rotatable bonds is 7. The van der Waals surface area contributed by atoms with Crippen molar-refractivity contribution >= 4 is 29.4 Å². The Hall–Kier alpha value is -2.70. The molecule has 2 heterocycles. The highest BCUT2D eigenvalue weighted by atomic mass is 19.4. The second kappa shape index (κ2) is 10.3. The van der Waals surface area contributed by atoms with Crippen molar-refractivity contribution in [2.75, 3.05) is 19.7 Å². The predicted octanol–water partition coefficient (Wildman–Crippen LogP) is 0.789. The second-order valence-corrected chi connectivity index (χ2v) is 11.0. The number of carbonyl (C=O) groups excluding carboxylic acids is 5. The van der Waals surface area contributed by atoms with Crippen molar-refractivity contribution in [2.45, 2.75) is 83.3 Å². The van der Waals surface area contributed by atoms with Gasteiger partial charge in [0.25, 0.3) is 0 Å². The molecule has 3 fully saturated rings. The molecule has 0 bridgehead atoms. The van der Waals surface area contributed by atoms with Gasteiger partial charge in [-0.2, -0.15) is 0 Å². The zero-order valence-corrected chi connectivity index (χ0v) is 20.6. The van der Waals surface area contributed by atoms with Gasteiger partial charge in [-0.3, -0.25) is 28.7 Å². The number of likely N-dealkylation sites (tertiary alicyclic amines) is 1. The van der Waals surface area contributed by atoms with E-state index in [1.54, 1.807) is 20.8 Å². The van der Waals surface area contributed by atoms with E-state index in [1.165, 1.54) is 4.90 Å². The summed E-state index contributed by atoms with van der Waals surface area (Å²) >= 11 is 0. The molecule has 0 aromatic rings. The van der Waals surface area contributed by atoms with E-state index in [9.17, 15) is 37.1 Å². The predicted molar refractivity (Wildman–Crippen MR) is 119 cm³/mol. The highest BCUT2D eigenvalue weighted by Gasteiger charge is 2.53. The SMILES string of the molecule is CC(C)(C)NC(=O)C(=O)N1CC2(CCC2)CC1C(=O)N[C@@H](C[C@@H]1CCNC1=O)C(=O)COC(F)(F)F. The molecule has 3 rings (SSSR count). The molecule has 10 nitrogen and oxygen atoms in total. The van der Waals surface area contributed by atoms with Gasteiger partial charge in [0.1, 0.15) is 12.6 Å². The minimum absolute atomic E-state index is 0.197. The van der Waals surface area contributed by atoms with Gasteiger partial charge >= 0.3 is 18.2 Å². The summed E-state index contributed by atoms with van der Waals surface area (Å²) < 4.78 is 41.2. The zero-order chi connectivity index (χ0) is 26.9. The van der Waals surface area contributed by atoms with Crippen molar-refractivity contribution in [3.8, 4) is 0 Å². The van der Waals surface area contributed by atoms with Gasteiger partial charge in [-0.15, -0.1) is 13.2 Å². The topological polar surface area (TPSA) is 134 Å². The molecule has 0 radical (unpaired) electrons. The molecule has 1 aliphatic carbocycles. The van der Waals surface area contributed by atoms with E-state index in [-0.39, 0.29) is 30.7 Å². The van der Waals surface area contributed by atoms with Crippen molar-refractivity contribution in [3.05, 3.63) is 0 Å². The van der Waals surface area contributed by atoms with Crippen molar-refractivity contribution in [2.24, 2.45) is 11.3 Å². The fraction of sp³-hybridized carbons (Fsp3) is 0.783. The van der Waals surface area contributed by atoms with E-state index >= 15 is 0 Å². The van der Waals surface area contributed by atoms with Crippen LogP contribution in [0.15, 0.2) is 0 Å². The third-order valence-corrected chi connectivity index (χ3v) is 6.94. The quantitative estimate of drug-likeness (QED) is 0.427. The van der Waals surface area contributed by atoms with Crippen LogP contribution in [0, 0.1) is 11.3 Å². The van der Waals surface area contributed by atoms with Crippen LogP contribution < -0.4 is 16.0 Å². The highest BCUT2D eigenvalue weighted by molar-refractivity contribution is 6.35. The molecule has 1 spiro atoms. The summed E-state index contributed by atoms with van der Waals surface area (Å²) in [5, 5.41) is 7.62. The van der Waals surface area contributed by atoms with Crippen LogP contribution in [0.2, 0.25) is 0 Å². The molecule has 2 aliphatic heterocycles. The van der Waals surface area contributed by atoms with Gasteiger partial charge in [-0.05, 0) is 58.3 Å². The van der Waals surface area contributed by atoms with E-state index < -0.39 is 60.0 Å². The van der Waals surface area contributed by atoms with Crippen molar-refractivity contribution in [1.29, 1.82) is 0 Å². The van der Waals surface area contributed by atoms with E-state index in [1.807, 2.05) is 0 Å². The number of ether oxygens (including phenoxy) is 1. The molecular weight excluding hydrogens is 485 g/mol. The van der Waals surface area contributed by atoms with E-state index in [0.717, 1.165) is 19.3 Å². The van der Waals surface area contributed by atoms with Gasteiger partial charge in [0.2, 0.25) is 11.8 Å². The summed E-state index contributed by atoms with van der Waals surface area (Å²) in [6.07, 6.45) is -2.15. The maximum absolute atomic E-state index is 13.3. The van der Waals surface area contributed by atoms with Crippen LogP contribution in [0.3, 0.4) is 0 Å². The third kappa shape index (κ3) is 6.95. The van der Waals surface area contributed by atoms with E-state index in [0.29, 0.717) is 13.0 Å². The number of nitrogens with zero attached hydrogens (tertiary/aromatic N) is 1. The number of halogens is 3. The summed E-state index contributed by atoms with van der Waals surface area (Å²) in [5.74, 6) is -4.57. The van der Waals surface area contributed by atoms with Crippen LogP contribution in [0.1, 0.15) is 59.3 Å². The van der Waals surface area contributed by atoms with Gasteiger partial charge in [0, 0.05) is 24.5 Å². The minimum atomic E-state index is -5.04. The lowest BCUT2D eigenvalue weighted by Crippen LogP contribution is -2.55. The first-order valence-corrected chi connectivity index (χ1v) is 12.0. The summed E-state index contributed by atoms with van der Waals surface area (Å²) in [5.41, 5.74) is -1.000. The average Bonchev–Trinajstić information content (AvgIpc) is 3.33. The van der Waals surface area contributed by atoms with Crippen molar-refractivity contribution < 1.29 is 41.9 Å². The number of Topliss-reactive ketones (excluding diaryl/α,β-unsaturated/α-hetero) is 1. The lowest BCUT2D eigenvalue weighted by atomic mass is 9.67. The van der Waals surface area contributed by atoms with E-state index in [4.69, 9.17) is 0 Å². The normalized spacial score (nSPS) is 24.2. The van der Waals surface area contributed by atoms with Crippen LogP contribution in [-0.4, -0.2) is 78.0 Å². The Balaban J connectivity index is 1.76. The average molecular weight is 519 g/mol. The Bertz CT molecular complexity index is 913. The Morgan fingerprint density at radius 1 is 1.19 bits per heavy atom. The monoisotopic (exact) mass is 518 g/mol. The van der Waals surface area contributed by atoms with Crippen LogP contribution in [-0.2, 0) is 28.7 Å². The molecule has 3 atom stereocenters. The Morgan fingerprint density at radius 2 is 1.86 bits per heavy atom. The van der Waals surface area contributed by atoms with Gasteiger partial charge in [-0.25, -0.2) is 0 Å². The molecule has 202 valence electrons. The molecule has 0 aromatic heterocycles. The molecule has 13 heteroatoms. The fourth-order valence-corrected chi connectivity index (χ4v) is 5.01. The summed E-state index contributed by atoms with van der Waals surface area (Å²) in [6, 6.07) is -2.49. The third-order valence-electron chi connectivity index (χ3n) is 6.94. The number of nitrogens with one attached hydrogen (secondary N) is 3. The molecular formula is C23H33F3N4O6. The van der Waals surface area contributed by atoms with Crippen LogP contribution >= 0.6 is 0 Å². The standard InChI is InChI=1S/C23H33F3N4O6/c1-21(2,3)29-19(34)20(35)30-12-22(6-4-7-22)10-15(30)18(33)28-14(9-13-5-8-27-17(13)32)16(31)11-36-23(24,25)26/h13-15H,4-12H2,1-3H3,(H,27,32)(H,28,33)(H,29,34)/t13-,14-,15?/m0/s1. The summed E-state index contributed by atoms with van der Waals surface area (Å²) in [7, 11) is 0. The number of hydrogen-bond donors (Lipinski definition) is 3. The van der Waals surface area contributed by atoms with Crippen LogP contribution in [0.5, 0.6) is 0 Å². The number of ketones is 1. The van der Waals surface area contributed by atoms with Crippen molar-refractivity contribution in [1.82, 2.24) is 20.9 Å². The lowest BCUT2D eigenvalue weighted by molar-refractivity contribution is -0.321. The number of carbonyl (C=O) groups is 5. The molecule has 36 heavy (non-hydrogen) atoms. The molecule has 0 aromatic carbocycles.